The van der Waals surface area contributed by atoms with Gasteiger partial charge < -0.3 is 9.88 Å². The highest BCUT2D eigenvalue weighted by molar-refractivity contribution is 9.10. The molecule has 3 nitrogen and oxygen atoms in total. The monoisotopic (exact) mass is 326 g/mol. The molecule has 0 fully saturated rings. The third-order valence-corrected chi connectivity index (χ3v) is 3.95. The number of nitrogens with zero attached hydrogens (tertiary/aromatic N) is 1. The van der Waals surface area contributed by atoms with Gasteiger partial charge in [0.1, 0.15) is 0 Å². The predicted octanol–water partition coefficient (Wildman–Crippen LogP) is 2.77. The number of aromatic nitrogens is 1. The van der Waals surface area contributed by atoms with Crippen LogP contribution in [0.2, 0.25) is 0 Å². The first-order chi connectivity index (χ1) is 8.66. The molecule has 2 heterocycles. The van der Waals surface area contributed by atoms with E-state index < -0.39 is 0 Å². The second-order valence-corrected chi connectivity index (χ2v) is 6.04. The van der Waals surface area contributed by atoms with Crippen LogP contribution in [0.1, 0.15) is 10.4 Å². The lowest BCUT2D eigenvalue weighted by Gasteiger charge is -2.08. The van der Waals surface area contributed by atoms with Gasteiger partial charge in [-0.15, -0.1) is 11.3 Å². The van der Waals surface area contributed by atoms with Gasteiger partial charge in [-0.1, -0.05) is 6.07 Å². The Kier molecular flexibility index (Phi) is 4.74. The Labute approximate surface area is 119 Å². The molecule has 0 saturated carbocycles. The smallest absolute Gasteiger partial charge is 0.253 e. The van der Waals surface area contributed by atoms with E-state index in [-0.39, 0.29) is 5.56 Å². The van der Waals surface area contributed by atoms with Crippen LogP contribution in [-0.4, -0.2) is 11.1 Å². The Morgan fingerprint density at radius 3 is 3.06 bits per heavy atom. The van der Waals surface area contributed by atoms with Crippen LogP contribution in [0.4, 0.5) is 0 Å². The number of hydrogen-bond donors (Lipinski definition) is 1. The molecule has 2 aromatic heterocycles. The summed E-state index contributed by atoms with van der Waals surface area (Å²) in [4.78, 5) is 13.2. The Morgan fingerprint density at radius 1 is 1.50 bits per heavy atom. The average molecular weight is 327 g/mol. The molecule has 0 amide bonds. The minimum Gasteiger partial charge on any atom is -0.313 e. The lowest BCUT2D eigenvalue weighted by molar-refractivity contribution is 0.585. The molecular weight excluding hydrogens is 312 g/mol. The van der Waals surface area contributed by atoms with Crippen LogP contribution in [0.5, 0.6) is 0 Å². The molecule has 0 bridgehead atoms. The summed E-state index contributed by atoms with van der Waals surface area (Å²) in [5.74, 6) is 0. The van der Waals surface area contributed by atoms with Gasteiger partial charge in [-0.3, -0.25) is 4.79 Å². The Morgan fingerprint density at radius 2 is 2.33 bits per heavy atom. The van der Waals surface area contributed by atoms with Crippen molar-refractivity contribution in [2.24, 2.45) is 0 Å². The quantitative estimate of drug-likeness (QED) is 0.857. The molecule has 18 heavy (non-hydrogen) atoms. The first-order valence-electron chi connectivity index (χ1n) is 5.76. The maximum Gasteiger partial charge on any atom is 0.253 e. The molecule has 0 aromatic carbocycles. The Bertz CT molecular complexity index is 563. The summed E-state index contributed by atoms with van der Waals surface area (Å²) in [5.41, 5.74) is 0.846. The maximum atomic E-state index is 11.9. The van der Waals surface area contributed by atoms with Crippen LogP contribution in [0.25, 0.3) is 0 Å². The highest BCUT2D eigenvalue weighted by Crippen LogP contribution is 2.08. The predicted molar refractivity (Wildman–Crippen MR) is 79.2 cm³/mol. The molecule has 1 N–H and O–H groups in total. The van der Waals surface area contributed by atoms with Crippen molar-refractivity contribution >= 4 is 27.3 Å². The molecule has 0 aliphatic carbocycles. The van der Waals surface area contributed by atoms with Crippen LogP contribution in [0, 0.1) is 6.92 Å². The van der Waals surface area contributed by atoms with Crippen molar-refractivity contribution in [3.05, 3.63) is 55.0 Å². The zero-order valence-corrected chi connectivity index (χ0v) is 12.6. The Balaban J connectivity index is 1.89. The maximum absolute atomic E-state index is 11.9. The van der Waals surface area contributed by atoms with Gasteiger partial charge in [-0.25, -0.2) is 0 Å². The molecular formula is C13H15BrN2OS. The second-order valence-electron chi connectivity index (χ2n) is 4.10. The zero-order valence-electron chi connectivity index (χ0n) is 10.1. The molecule has 2 rings (SSSR count). The standard InChI is InChI=1S/C13H15BrN2OS/c1-10-7-11(14)9-16(13(10)17)5-4-15-8-12-3-2-6-18-12/h2-3,6-7,9,15H,4-5,8H2,1H3. The van der Waals surface area contributed by atoms with Gasteiger partial charge in [0.2, 0.25) is 0 Å². The molecule has 0 radical (unpaired) electrons. The van der Waals surface area contributed by atoms with Crippen LogP contribution in [0.3, 0.4) is 0 Å². The van der Waals surface area contributed by atoms with Crippen molar-refractivity contribution in [3.63, 3.8) is 0 Å². The van der Waals surface area contributed by atoms with Gasteiger partial charge >= 0.3 is 0 Å². The number of nitrogens with one attached hydrogen (secondary N) is 1. The van der Waals surface area contributed by atoms with E-state index >= 15 is 0 Å². The van der Waals surface area contributed by atoms with Crippen LogP contribution >= 0.6 is 27.3 Å². The molecule has 0 unspecified atom stereocenters. The lowest BCUT2D eigenvalue weighted by atomic mass is 10.3. The van der Waals surface area contributed by atoms with Gasteiger partial charge in [0, 0.05) is 40.7 Å². The normalized spacial score (nSPS) is 10.8. The number of rotatable bonds is 5. The summed E-state index contributed by atoms with van der Waals surface area (Å²) in [6.07, 6.45) is 1.84. The van der Waals surface area contributed by atoms with E-state index in [0.29, 0.717) is 6.54 Å². The third-order valence-electron chi connectivity index (χ3n) is 2.64. The molecule has 0 saturated heterocycles. The topological polar surface area (TPSA) is 34.0 Å². The van der Waals surface area contributed by atoms with E-state index in [0.717, 1.165) is 23.1 Å². The van der Waals surface area contributed by atoms with Gasteiger partial charge in [-0.2, -0.15) is 0 Å². The average Bonchev–Trinajstić information content (AvgIpc) is 2.83. The number of aryl methyl sites for hydroxylation is 1. The van der Waals surface area contributed by atoms with Gasteiger partial charge in [0.05, 0.1) is 0 Å². The highest BCUT2D eigenvalue weighted by Gasteiger charge is 2.01. The summed E-state index contributed by atoms with van der Waals surface area (Å²) < 4.78 is 2.68. The van der Waals surface area contributed by atoms with Crippen LogP contribution < -0.4 is 10.9 Å². The minimum absolute atomic E-state index is 0.0797. The molecule has 0 aliphatic rings. The number of pyridine rings is 1. The van der Waals surface area contributed by atoms with Crippen molar-refractivity contribution in [2.75, 3.05) is 6.54 Å². The minimum atomic E-state index is 0.0797. The fraction of sp³-hybridized carbons (Fsp3) is 0.308. The molecule has 96 valence electrons. The number of thiophene rings is 1. The van der Waals surface area contributed by atoms with Crippen molar-refractivity contribution in [1.29, 1.82) is 0 Å². The summed E-state index contributed by atoms with van der Waals surface area (Å²) in [6.45, 7) is 4.17. The molecule has 0 aliphatic heterocycles. The number of halogens is 1. The summed E-state index contributed by atoms with van der Waals surface area (Å²) in [7, 11) is 0. The zero-order chi connectivity index (χ0) is 13.0. The van der Waals surface area contributed by atoms with E-state index in [1.165, 1.54) is 4.88 Å². The van der Waals surface area contributed by atoms with Crippen molar-refractivity contribution in [3.8, 4) is 0 Å². The molecule has 5 heteroatoms. The first kappa shape index (κ1) is 13.5. The molecule has 2 aromatic rings. The van der Waals surface area contributed by atoms with E-state index in [1.54, 1.807) is 15.9 Å². The van der Waals surface area contributed by atoms with E-state index in [1.807, 2.05) is 25.3 Å². The van der Waals surface area contributed by atoms with E-state index in [9.17, 15) is 4.79 Å². The molecule has 0 spiro atoms. The summed E-state index contributed by atoms with van der Waals surface area (Å²) in [6, 6.07) is 5.99. The van der Waals surface area contributed by atoms with Gasteiger partial charge in [-0.05, 0) is 40.4 Å². The summed E-state index contributed by atoms with van der Waals surface area (Å²) >= 11 is 5.15. The van der Waals surface area contributed by atoms with Crippen molar-refractivity contribution in [2.45, 2.75) is 20.0 Å². The van der Waals surface area contributed by atoms with E-state index in [4.69, 9.17) is 0 Å². The second kappa shape index (κ2) is 6.31. The van der Waals surface area contributed by atoms with Gasteiger partial charge in [0.15, 0.2) is 0 Å². The Hall–Kier alpha value is -0.910. The third kappa shape index (κ3) is 3.54. The SMILES string of the molecule is Cc1cc(Br)cn(CCNCc2cccs2)c1=O. The fourth-order valence-corrected chi connectivity index (χ4v) is 3.00. The lowest BCUT2D eigenvalue weighted by Crippen LogP contribution is -2.27. The summed E-state index contributed by atoms with van der Waals surface area (Å²) in [5, 5.41) is 5.41. The van der Waals surface area contributed by atoms with E-state index in [2.05, 4.69) is 32.7 Å². The van der Waals surface area contributed by atoms with Crippen LogP contribution in [0.15, 0.2) is 39.0 Å². The highest BCUT2D eigenvalue weighted by atomic mass is 79.9. The van der Waals surface area contributed by atoms with Crippen LogP contribution in [-0.2, 0) is 13.1 Å². The van der Waals surface area contributed by atoms with Crippen molar-refractivity contribution in [1.82, 2.24) is 9.88 Å². The first-order valence-corrected chi connectivity index (χ1v) is 7.44. The number of hydrogen-bond acceptors (Lipinski definition) is 3. The van der Waals surface area contributed by atoms with Gasteiger partial charge in [0.25, 0.3) is 5.56 Å². The fourth-order valence-electron chi connectivity index (χ4n) is 1.73. The molecule has 0 atom stereocenters. The largest absolute Gasteiger partial charge is 0.313 e. The van der Waals surface area contributed by atoms with Crippen molar-refractivity contribution < 1.29 is 0 Å².